The zero-order valence-electron chi connectivity index (χ0n) is 12.7. The molecule has 4 heteroatoms. The molecule has 2 atom stereocenters. The average molecular weight is 307 g/mol. The van der Waals surface area contributed by atoms with Gasteiger partial charge in [-0.25, -0.2) is 8.42 Å². The van der Waals surface area contributed by atoms with E-state index in [1.807, 2.05) is 0 Å². The van der Waals surface area contributed by atoms with Crippen LogP contribution in [0.2, 0.25) is 0 Å². The van der Waals surface area contributed by atoms with E-state index in [0.29, 0.717) is 5.92 Å². The van der Waals surface area contributed by atoms with Crippen molar-refractivity contribution in [3.8, 4) is 0 Å². The highest BCUT2D eigenvalue weighted by molar-refractivity contribution is 7.91. The minimum absolute atomic E-state index is 0.168. The van der Waals surface area contributed by atoms with Gasteiger partial charge in [0, 0.05) is 12.3 Å². The van der Waals surface area contributed by atoms with Gasteiger partial charge >= 0.3 is 0 Å². The van der Waals surface area contributed by atoms with Crippen molar-refractivity contribution in [1.82, 2.24) is 5.32 Å². The summed E-state index contributed by atoms with van der Waals surface area (Å²) < 4.78 is 23.5. The van der Waals surface area contributed by atoms with Gasteiger partial charge in [0.05, 0.1) is 5.25 Å². The standard InChI is InChI=1S/C17H25NO2S/c1-21(19,20)17-8-4-7-16(17)18-10-9-13-11-14-5-2-3-6-15(14)12-13/h2-3,5-6,13,16-18H,4,7-12H2,1H3/t16-,17-/m1/s1. The number of hydrogen-bond acceptors (Lipinski definition) is 3. The molecule has 0 aromatic heterocycles. The van der Waals surface area contributed by atoms with Gasteiger partial charge in [-0.2, -0.15) is 0 Å². The fraction of sp³-hybridized carbons (Fsp3) is 0.647. The van der Waals surface area contributed by atoms with Crippen molar-refractivity contribution in [2.75, 3.05) is 12.8 Å². The summed E-state index contributed by atoms with van der Waals surface area (Å²) >= 11 is 0. The Labute approximate surface area is 128 Å². The topological polar surface area (TPSA) is 46.2 Å². The molecule has 0 aliphatic heterocycles. The van der Waals surface area contributed by atoms with Crippen molar-refractivity contribution in [2.24, 2.45) is 5.92 Å². The van der Waals surface area contributed by atoms with E-state index in [4.69, 9.17) is 0 Å². The Balaban J connectivity index is 1.47. The number of fused-ring (bicyclic) bond motifs is 1. The number of nitrogens with one attached hydrogen (secondary N) is 1. The second kappa shape index (κ2) is 6.09. The van der Waals surface area contributed by atoms with Crippen molar-refractivity contribution < 1.29 is 8.42 Å². The molecule has 0 bridgehead atoms. The maximum Gasteiger partial charge on any atom is 0.151 e. The van der Waals surface area contributed by atoms with Crippen LogP contribution in [0.1, 0.15) is 36.8 Å². The molecular weight excluding hydrogens is 282 g/mol. The minimum atomic E-state index is -2.91. The van der Waals surface area contributed by atoms with Crippen LogP contribution in [-0.2, 0) is 22.7 Å². The Kier molecular flexibility index (Phi) is 4.36. The Morgan fingerprint density at radius 1 is 1.14 bits per heavy atom. The molecular formula is C17H25NO2S. The molecule has 1 N–H and O–H groups in total. The smallest absolute Gasteiger partial charge is 0.151 e. The van der Waals surface area contributed by atoms with Crippen LogP contribution in [0.15, 0.2) is 24.3 Å². The molecule has 0 unspecified atom stereocenters. The van der Waals surface area contributed by atoms with Gasteiger partial charge in [0.1, 0.15) is 0 Å². The highest BCUT2D eigenvalue weighted by Gasteiger charge is 2.34. The SMILES string of the molecule is CS(=O)(=O)[C@@H]1CCC[C@H]1NCCC1Cc2ccccc2C1. The lowest BCUT2D eigenvalue weighted by Gasteiger charge is -2.20. The van der Waals surface area contributed by atoms with E-state index >= 15 is 0 Å². The molecule has 1 aromatic carbocycles. The first-order chi connectivity index (χ1) is 10.0. The maximum absolute atomic E-state index is 11.8. The number of rotatable bonds is 5. The van der Waals surface area contributed by atoms with Crippen LogP contribution in [-0.4, -0.2) is 32.5 Å². The lowest BCUT2D eigenvalue weighted by atomic mass is 10.0. The Morgan fingerprint density at radius 2 is 1.81 bits per heavy atom. The second-order valence-electron chi connectivity index (χ2n) is 6.69. The van der Waals surface area contributed by atoms with Gasteiger partial charge in [-0.05, 0) is 55.7 Å². The van der Waals surface area contributed by atoms with Crippen molar-refractivity contribution >= 4 is 9.84 Å². The molecule has 0 amide bonds. The third-order valence-corrected chi connectivity index (χ3v) is 6.76. The van der Waals surface area contributed by atoms with Gasteiger partial charge in [-0.1, -0.05) is 30.7 Å². The quantitative estimate of drug-likeness (QED) is 0.908. The number of benzene rings is 1. The summed E-state index contributed by atoms with van der Waals surface area (Å²) in [4.78, 5) is 0. The third kappa shape index (κ3) is 3.49. The summed E-state index contributed by atoms with van der Waals surface area (Å²) in [5, 5.41) is 3.34. The fourth-order valence-corrected chi connectivity index (χ4v) is 5.42. The van der Waals surface area contributed by atoms with E-state index in [9.17, 15) is 8.42 Å². The van der Waals surface area contributed by atoms with E-state index < -0.39 is 9.84 Å². The van der Waals surface area contributed by atoms with Crippen LogP contribution in [0.4, 0.5) is 0 Å². The van der Waals surface area contributed by atoms with E-state index in [1.54, 1.807) is 0 Å². The van der Waals surface area contributed by atoms with Crippen LogP contribution in [0.25, 0.3) is 0 Å². The van der Waals surface area contributed by atoms with E-state index in [0.717, 1.165) is 32.2 Å². The third-order valence-electron chi connectivity index (χ3n) is 5.10. The molecule has 116 valence electrons. The molecule has 1 saturated carbocycles. The van der Waals surface area contributed by atoms with E-state index in [2.05, 4.69) is 29.6 Å². The minimum Gasteiger partial charge on any atom is -0.313 e. The Morgan fingerprint density at radius 3 is 2.43 bits per heavy atom. The van der Waals surface area contributed by atoms with E-state index in [1.165, 1.54) is 30.2 Å². The number of sulfone groups is 1. The summed E-state index contributed by atoms with van der Waals surface area (Å²) in [6.07, 6.45) is 7.74. The highest BCUT2D eigenvalue weighted by atomic mass is 32.2. The maximum atomic E-state index is 11.8. The largest absolute Gasteiger partial charge is 0.313 e. The van der Waals surface area contributed by atoms with Crippen LogP contribution < -0.4 is 5.32 Å². The second-order valence-corrected chi connectivity index (χ2v) is 8.96. The van der Waals surface area contributed by atoms with Gasteiger partial charge in [-0.15, -0.1) is 0 Å². The molecule has 3 nitrogen and oxygen atoms in total. The Bertz CT molecular complexity index is 572. The highest BCUT2D eigenvalue weighted by Crippen LogP contribution is 2.29. The van der Waals surface area contributed by atoms with Crippen molar-refractivity contribution in [2.45, 2.75) is 49.8 Å². The molecule has 0 spiro atoms. The van der Waals surface area contributed by atoms with Gasteiger partial charge in [0.15, 0.2) is 9.84 Å². The predicted molar refractivity (Wildman–Crippen MR) is 86.2 cm³/mol. The summed E-state index contributed by atoms with van der Waals surface area (Å²) in [5.74, 6) is 0.716. The zero-order valence-corrected chi connectivity index (χ0v) is 13.5. The summed E-state index contributed by atoms with van der Waals surface area (Å²) in [5.41, 5.74) is 3.00. The first-order valence-corrected chi connectivity index (χ1v) is 9.98. The van der Waals surface area contributed by atoms with E-state index in [-0.39, 0.29) is 11.3 Å². The lowest BCUT2D eigenvalue weighted by molar-refractivity contribution is 0.444. The van der Waals surface area contributed by atoms with Gasteiger partial charge in [0.2, 0.25) is 0 Å². The van der Waals surface area contributed by atoms with Crippen LogP contribution in [0.5, 0.6) is 0 Å². The molecule has 0 saturated heterocycles. The van der Waals surface area contributed by atoms with Crippen LogP contribution in [0, 0.1) is 5.92 Å². The first kappa shape index (κ1) is 15.0. The lowest BCUT2D eigenvalue weighted by Crippen LogP contribution is -2.40. The summed E-state index contributed by atoms with van der Waals surface area (Å²) in [6.45, 7) is 0.940. The van der Waals surface area contributed by atoms with Gasteiger partial charge in [-0.3, -0.25) is 0 Å². The summed E-state index contributed by atoms with van der Waals surface area (Å²) in [7, 11) is -2.91. The zero-order chi connectivity index (χ0) is 14.9. The van der Waals surface area contributed by atoms with Crippen LogP contribution in [0.3, 0.4) is 0 Å². The summed E-state index contributed by atoms with van der Waals surface area (Å²) in [6, 6.07) is 8.88. The molecule has 2 aliphatic carbocycles. The predicted octanol–water partition coefficient (Wildman–Crippen LogP) is 2.35. The Hall–Kier alpha value is -0.870. The van der Waals surface area contributed by atoms with Crippen molar-refractivity contribution in [3.63, 3.8) is 0 Å². The van der Waals surface area contributed by atoms with Crippen molar-refractivity contribution in [1.29, 1.82) is 0 Å². The van der Waals surface area contributed by atoms with Crippen LogP contribution >= 0.6 is 0 Å². The monoisotopic (exact) mass is 307 g/mol. The fourth-order valence-electron chi connectivity index (χ4n) is 4.00. The molecule has 1 fully saturated rings. The molecule has 3 rings (SSSR count). The van der Waals surface area contributed by atoms with Gasteiger partial charge in [0.25, 0.3) is 0 Å². The first-order valence-electron chi connectivity index (χ1n) is 8.03. The molecule has 21 heavy (non-hydrogen) atoms. The molecule has 0 heterocycles. The molecule has 1 aromatic rings. The average Bonchev–Trinajstić information content (AvgIpc) is 3.03. The van der Waals surface area contributed by atoms with Crippen molar-refractivity contribution in [3.05, 3.63) is 35.4 Å². The normalized spacial score (nSPS) is 26.1. The number of hydrogen-bond donors (Lipinski definition) is 1. The molecule has 2 aliphatic rings. The van der Waals surface area contributed by atoms with Gasteiger partial charge < -0.3 is 5.32 Å². The molecule has 0 radical (unpaired) electrons.